The molecule has 0 fully saturated rings. The molecule has 11 heteroatoms. The molecule has 0 aliphatic carbocycles. The Morgan fingerprint density at radius 1 is 0.912 bits per heavy atom. The second-order valence-corrected chi connectivity index (χ2v) is 10.2. The van der Waals surface area contributed by atoms with E-state index in [2.05, 4.69) is 5.32 Å². The van der Waals surface area contributed by atoms with Crippen LogP contribution in [0.25, 0.3) is 0 Å². The summed E-state index contributed by atoms with van der Waals surface area (Å²) in [5.74, 6) is 0.00380. The lowest BCUT2D eigenvalue weighted by Crippen LogP contribution is -2.37. The molecule has 0 atom stereocenters. The predicted molar refractivity (Wildman–Crippen MR) is 134 cm³/mol. The van der Waals surface area contributed by atoms with Crippen LogP contribution in [0.1, 0.15) is 5.56 Å². The molecule has 0 aliphatic heterocycles. The smallest absolute Gasteiger partial charge is 0.243 e. The maximum Gasteiger partial charge on any atom is 0.243 e. The molecule has 7 nitrogen and oxygen atoms in total. The van der Waals surface area contributed by atoms with E-state index in [1.807, 2.05) is 0 Å². The molecule has 1 N–H and O–H groups in total. The molecule has 0 unspecified atom stereocenters. The van der Waals surface area contributed by atoms with Gasteiger partial charge in [-0.25, -0.2) is 8.42 Å². The van der Waals surface area contributed by atoms with Gasteiger partial charge in [0.15, 0.2) is 0 Å². The van der Waals surface area contributed by atoms with Gasteiger partial charge in [0.2, 0.25) is 15.9 Å². The Bertz CT molecular complexity index is 1280. The third-order valence-corrected chi connectivity index (χ3v) is 7.55. The minimum Gasteiger partial charge on any atom is -0.495 e. The number of sulfonamides is 1. The van der Waals surface area contributed by atoms with E-state index >= 15 is 0 Å². The van der Waals surface area contributed by atoms with Gasteiger partial charge in [0.05, 0.1) is 36.4 Å². The Morgan fingerprint density at radius 2 is 1.56 bits per heavy atom. The lowest BCUT2D eigenvalue weighted by atomic mass is 10.2. The van der Waals surface area contributed by atoms with Crippen molar-refractivity contribution >= 4 is 56.4 Å². The van der Waals surface area contributed by atoms with Gasteiger partial charge in [-0.1, -0.05) is 53.0 Å². The minimum absolute atomic E-state index is 0.0116. The summed E-state index contributed by atoms with van der Waals surface area (Å²) < 4.78 is 38.3. The van der Waals surface area contributed by atoms with Crippen LogP contribution in [0.4, 0.5) is 5.69 Å². The van der Waals surface area contributed by atoms with Gasteiger partial charge in [-0.2, -0.15) is 4.31 Å². The summed E-state index contributed by atoms with van der Waals surface area (Å²) in [5.41, 5.74) is 0.815. The Morgan fingerprint density at radius 3 is 2.18 bits per heavy atom. The van der Waals surface area contributed by atoms with Crippen molar-refractivity contribution in [1.29, 1.82) is 0 Å². The maximum absolute atomic E-state index is 13.4. The molecule has 3 aromatic rings. The van der Waals surface area contributed by atoms with E-state index in [9.17, 15) is 13.2 Å². The number of nitrogens with zero attached hydrogens (tertiary/aromatic N) is 1. The fourth-order valence-corrected chi connectivity index (χ4v) is 5.03. The average molecular weight is 544 g/mol. The number of anilines is 1. The van der Waals surface area contributed by atoms with Crippen LogP contribution in [0, 0.1) is 0 Å². The Hall–Kier alpha value is -2.49. The van der Waals surface area contributed by atoms with E-state index < -0.39 is 22.5 Å². The number of hydrogen-bond donors (Lipinski definition) is 1. The highest BCUT2D eigenvalue weighted by atomic mass is 35.5. The average Bonchev–Trinajstić information content (AvgIpc) is 2.81. The van der Waals surface area contributed by atoms with E-state index in [-0.39, 0.29) is 22.9 Å². The lowest BCUT2D eigenvalue weighted by molar-refractivity contribution is -0.116. The van der Waals surface area contributed by atoms with Gasteiger partial charge in [0.25, 0.3) is 0 Å². The highest BCUT2D eigenvalue weighted by molar-refractivity contribution is 7.89. The summed E-state index contributed by atoms with van der Waals surface area (Å²) in [7, 11) is -1.22. The summed E-state index contributed by atoms with van der Waals surface area (Å²) >= 11 is 18.3. The zero-order valence-electron chi connectivity index (χ0n) is 18.2. The van der Waals surface area contributed by atoms with E-state index in [1.165, 1.54) is 50.6 Å². The van der Waals surface area contributed by atoms with Crippen molar-refractivity contribution in [3.63, 3.8) is 0 Å². The van der Waals surface area contributed by atoms with E-state index in [4.69, 9.17) is 44.3 Å². The van der Waals surface area contributed by atoms with E-state index in [1.54, 1.807) is 24.3 Å². The molecular formula is C23H21Cl3N2O5S. The molecule has 1 amide bonds. The first-order valence-corrected chi connectivity index (χ1v) is 12.4. The number of benzene rings is 3. The molecule has 3 rings (SSSR count). The molecule has 0 saturated heterocycles. The summed E-state index contributed by atoms with van der Waals surface area (Å²) in [5, 5.41) is 3.72. The van der Waals surface area contributed by atoms with Crippen molar-refractivity contribution in [3.05, 3.63) is 81.3 Å². The summed E-state index contributed by atoms with van der Waals surface area (Å²) in [4.78, 5) is 13.0. The number of amides is 1. The van der Waals surface area contributed by atoms with Crippen LogP contribution >= 0.6 is 34.8 Å². The number of rotatable bonds is 9. The molecule has 3 aromatic carbocycles. The standard InChI is InChI=1S/C23H21Cl3N2O5S/c1-32-21-12-20(22(33-2)11-19(21)26)27-23(29)14-28(13-15-5-3-4-6-18(15)25)34(30,31)17-9-7-16(24)8-10-17/h3-12H,13-14H2,1-2H3,(H,27,29). The van der Waals surface area contributed by atoms with Gasteiger partial charge >= 0.3 is 0 Å². The predicted octanol–water partition coefficient (Wildman–Crippen LogP) is 5.49. The van der Waals surface area contributed by atoms with Gasteiger partial charge in [0.1, 0.15) is 11.5 Å². The summed E-state index contributed by atoms with van der Waals surface area (Å²) in [6, 6.07) is 15.5. The van der Waals surface area contributed by atoms with Crippen molar-refractivity contribution in [1.82, 2.24) is 4.31 Å². The van der Waals surface area contributed by atoms with Crippen molar-refractivity contribution < 1.29 is 22.7 Å². The fraction of sp³-hybridized carbons (Fsp3) is 0.174. The number of ether oxygens (including phenoxy) is 2. The number of methoxy groups -OCH3 is 2. The number of hydrogen-bond acceptors (Lipinski definition) is 5. The second-order valence-electron chi connectivity index (χ2n) is 7.05. The first-order valence-electron chi connectivity index (χ1n) is 9.86. The Balaban J connectivity index is 1.93. The van der Waals surface area contributed by atoms with Crippen LogP contribution in [0.2, 0.25) is 15.1 Å². The largest absolute Gasteiger partial charge is 0.495 e. The van der Waals surface area contributed by atoms with Gasteiger partial charge < -0.3 is 14.8 Å². The molecule has 0 bridgehead atoms. The third-order valence-electron chi connectivity index (χ3n) is 4.82. The molecule has 0 heterocycles. The van der Waals surface area contributed by atoms with Crippen LogP contribution in [-0.2, 0) is 21.4 Å². The second kappa shape index (κ2) is 11.3. The zero-order valence-corrected chi connectivity index (χ0v) is 21.3. The van der Waals surface area contributed by atoms with Crippen molar-refractivity contribution in [2.75, 3.05) is 26.1 Å². The van der Waals surface area contributed by atoms with Gasteiger partial charge in [-0.15, -0.1) is 0 Å². The molecule has 180 valence electrons. The first-order chi connectivity index (χ1) is 16.1. The maximum atomic E-state index is 13.4. The first kappa shape index (κ1) is 26.1. The van der Waals surface area contributed by atoms with Crippen molar-refractivity contribution in [2.24, 2.45) is 0 Å². The highest BCUT2D eigenvalue weighted by Gasteiger charge is 2.28. The quantitative estimate of drug-likeness (QED) is 0.386. The molecule has 0 saturated carbocycles. The van der Waals surface area contributed by atoms with Crippen molar-refractivity contribution in [2.45, 2.75) is 11.4 Å². The van der Waals surface area contributed by atoms with Gasteiger partial charge in [-0.05, 0) is 35.9 Å². The highest BCUT2D eigenvalue weighted by Crippen LogP contribution is 2.36. The van der Waals surface area contributed by atoms with E-state index in [0.717, 1.165) is 4.31 Å². The fourth-order valence-electron chi connectivity index (χ4n) is 3.11. The third kappa shape index (κ3) is 6.14. The van der Waals surface area contributed by atoms with Crippen molar-refractivity contribution in [3.8, 4) is 11.5 Å². The molecular weight excluding hydrogens is 523 g/mol. The van der Waals surface area contributed by atoms with Crippen LogP contribution in [-0.4, -0.2) is 39.4 Å². The Kier molecular flexibility index (Phi) is 8.67. The van der Waals surface area contributed by atoms with Crippen LogP contribution < -0.4 is 14.8 Å². The van der Waals surface area contributed by atoms with Crippen LogP contribution in [0.3, 0.4) is 0 Å². The van der Waals surface area contributed by atoms with Gasteiger partial charge in [-0.3, -0.25) is 4.79 Å². The van der Waals surface area contributed by atoms with Gasteiger partial charge in [0, 0.05) is 28.7 Å². The zero-order chi connectivity index (χ0) is 24.9. The molecule has 34 heavy (non-hydrogen) atoms. The normalized spacial score (nSPS) is 11.4. The minimum atomic E-state index is -4.08. The molecule has 0 spiro atoms. The number of carbonyl (C=O) groups is 1. The van der Waals surface area contributed by atoms with Crippen LogP contribution in [0.15, 0.2) is 65.6 Å². The molecule has 0 aliphatic rings. The van der Waals surface area contributed by atoms with Crippen LogP contribution in [0.5, 0.6) is 11.5 Å². The number of halogens is 3. The van der Waals surface area contributed by atoms with E-state index in [0.29, 0.717) is 26.4 Å². The SMILES string of the molecule is COc1cc(NC(=O)CN(Cc2ccccc2Cl)S(=O)(=O)c2ccc(Cl)cc2)c(OC)cc1Cl. The monoisotopic (exact) mass is 542 g/mol. The number of carbonyl (C=O) groups excluding carboxylic acids is 1. The summed E-state index contributed by atoms with van der Waals surface area (Å²) in [6.07, 6.45) is 0. The molecule has 0 aromatic heterocycles. The number of nitrogens with one attached hydrogen (secondary N) is 1. The Labute approximate surface area is 213 Å². The summed E-state index contributed by atoms with van der Waals surface area (Å²) in [6.45, 7) is -0.622. The molecule has 0 radical (unpaired) electrons. The lowest BCUT2D eigenvalue weighted by Gasteiger charge is -2.23. The topological polar surface area (TPSA) is 84.9 Å².